The molecule has 2 aromatic heterocycles. The molecular weight excluding hydrogens is 334 g/mol. The number of amides is 2. The molecular formula is C17H17N7O2. The predicted octanol–water partition coefficient (Wildman–Crippen LogP) is 0.787. The van der Waals surface area contributed by atoms with Crippen LogP contribution in [0.2, 0.25) is 0 Å². The third kappa shape index (κ3) is 2.94. The topological polar surface area (TPSA) is 116 Å². The lowest BCUT2D eigenvalue weighted by Crippen LogP contribution is -2.52. The molecule has 0 bridgehead atoms. The number of benzene rings is 1. The fourth-order valence-electron chi connectivity index (χ4n) is 2.84. The van der Waals surface area contributed by atoms with Gasteiger partial charge in [0.2, 0.25) is 5.91 Å². The second-order valence-electron chi connectivity index (χ2n) is 6.12. The molecule has 1 saturated heterocycles. The Balaban J connectivity index is 1.35. The summed E-state index contributed by atoms with van der Waals surface area (Å²) in [5.74, 6) is 0.232. The first-order valence-electron chi connectivity index (χ1n) is 8.19. The Labute approximate surface area is 148 Å². The first kappa shape index (κ1) is 16.0. The van der Waals surface area contributed by atoms with Crippen LogP contribution in [0.5, 0.6) is 0 Å². The highest BCUT2D eigenvalue weighted by molar-refractivity contribution is 5.96. The lowest BCUT2D eigenvalue weighted by Gasteiger charge is -2.38. The molecule has 26 heavy (non-hydrogen) atoms. The Morgan fingerprint density at radius 3 is 2.77 bits per heavy atom. The van der Waals surface area contributed by atoms with Gasteiger partial charge in [0.05, 0.1) is 17.6 Å². The molecule has 1 aliphatic heterocycles. The smallest absolute Gasteiger partial charge is 0.271 e. The average Bonchev–Trinajstić information content (AvgIpc) is 3.08. The zero-order valence-electron chi connectivity index (χ0n) is 14.1. The van der Waals surface area contributed by atoms with Gasteiger partial charge in [0.1, 0.15) is 0 Å². The average molecular weight is 351 g/mol. The molecule has 0 unspecified atom stereocenters. The number of aromatic nitrogens is 4. The largest absolute Gasteiger partial charge is 0.354 e. The molecule has 3 N–H and O–H groups in total. The first-order chi connectivity index (χ1) is 12.6. The standard InChI is InChI=1S/C17H17N7O2/c1-18-17(26)14-4-5-15(23-22-14)24-8-11(9-24)16(25)20-12-2-3-13-10(6-12)7-19-21-13/h2-7,11H,8-9H2,1H3,(H,18,26)(H,19,21)(H,20,25). The van der Waals surface area contributed by atoms with Gasteiger partial charge in [0.25, 0.3) is 5.91 Å². The van der Waals surface area contributed by atoms with Crippen LogP contribution in [0.15, 0.2) is 36.5 Å². The number of carbonyl (C=O) groups is 2. The Kier molecular flexibility index (Phi) is 3.96. The Bertz CT molecular complexity index is 961. The normalized spacial score (nSPS) is 14.1. The third-order valence-electron chi connectivity index (χ3n) is 4.39. The van der Waals surface area contributed by atoms with Crippen LogP contribution < -0.4 is 15.5 Å². The highest BCUT2D eigenvalue weighted by Crippen LogP contribution is 2.24. The molecule has 4 rings (SSSR count). The summed E-state index contributed by atoms with van der Waals surface area (Å²) in [5.41, 5.74) is 1.94. The van der Waals surface area contributed by atoms with E-state index in [1.54, 1.807) is 25.4 Å². The Morgan fingerprint density at radius 2 is 2.04 bits per heavy atom. The molecule has 9 heteroatoms. The molecule has 0 radical (unpaired) electrons. The van der Waals surface area contributed by atoms with Gasteiger partial charge in [-0.3, -0.25) is 14.7 Å². The number of hydrogen-bond donors (Lipinski definition) is 3. The fraction of sp³-hybridized carbons (Fsp3) is 0.235. The molecule has 1 aliphatic rings. The second kappa shape index (κ2) is 6.43. The van der Waals surface area contributed by atoms with Crippen LogP contribution >= 0.6 is 0 Å². The summed E-state index contributed by atoms with van der Waals surface area (Å²) in [4.78, 5) is 25.8. The van der Waals surface area contributed by atoms with Crippen molar-refractivity contribution in [1.82, 2.24) is 25.7 Å². The van der Waals surface area contributed by atoms with Crippen molar-refractivity contribution in [2.45, 2.75) is 0 Å². The van der Waals surface area contributed by atoms with E-state index in [2.05, 4.69) is 31.0 Å². The highest BCUT2D eigenvalue weighted by Gasteiger charge is 2.33. The van der Waals surface area contributed by atoms with E-state index in [4.69, 9.17) is 0 Å². The van der Waals surface area contributed by atoms with E-state index in [-0.39, 0.29) is 23.4 Å². The molecule has 3 heterocycles. The summed E-state index contributed by atoms with van der Waals surface area (Å²) in [7, 11) is 1.54. The van der Waals surface area contributed by atoms with E-state index in [1.165, 1.54) is 0 Å². The van der Waals surface area contributed by atoms with Crippen LogP contribution in [-0.4, -0.2) is 52.3 Å². The lowest BCUT2D eigenvalue weighted by molar-refractivity contribution is -0.120. The Hall–Kier alpha value is -3.49. The first-order valence-corrected chi connectivity index (χ1v) is 8.19. The zero-order chi connectivity index (χ0) is 18.1. The minimum absolute atomic E-state index is 0.0287. The SMILES string of the molecule is CNC(=O)c1ccc(N2CC(C(=O)Nc3ccc4[nH]ncc4c3)C2)nn1. The number of rotatable bonds is 4. The van der Waals surface area contributed by atoms with Crippen LogP contribution in [0, 0.1) is 5.92 Å². The van der Waals surface area contributed by atoms with Crippen LogP contribution in [0.4, 0.5) is 11.5 Å². The number of anilines is 2. The number of nitrogens with zero attached hydrogens (tertiary/aromatic N) is 4. The van der Waals surface area contributed by atoms with Gasteiger partial charge < -0.3 is 15.5 Å². The molecule has 1 fully saturated rings. The molecule has 0 atom stereocenters. The molecule has 132 valence electrons. The van der Waals surface area contributed by atoms with E-state index in [0.717, 1.165) is 16.6 Å². The minimum atomic E-state index is -0.278. The van der Waals surface area contributed by atoms with Crippen molar-refractivity contribution >= 4 is 34.2 Å². The molecule has 0 aliphatic carbocycles. The van der Waals surface area contributed by atoms with Crippen molar-refractivity contribution in [3.05, 3.63) is 42.2 Å². The fourth-order valence-corrected chi connectivity index (χ4v) is 2.84. The maximum absolute atomic E-state index is 12.4. The van der Waals surface area contributed by atoms with Gasteiger partial charge in [-0.2, -0.15) is 5.10 Å². The molecule has 0 saturated carbocycles. The summed E-state index contributed by atoms with van der Waals surface area (Å²) in [6, 6.07) is 8.97. The quantitative estimate of drug-likeness (QED) is 0.640. The van der Waals surface area contributed by atoms with E-state index in [9.17, 15) is 9.59 Å². The number of hydrogen-bond acceptors (Lipinski definition) is 6. The number of carbonyl (C=O) groups excluding carboxylic acids is 2. The van der Waals surface area contributed by atoms with Gasteiger partial charge in [-0.25, -0.2) is 0 Å². The minimum Gasteiger partial charge on any atom is -0.354 e. The number of fused-ring (bicyclic) bond motifs is 1. The molecule has 2 amide bonds. The molecule has 9 nitrogen and oxygen atoms in total. The summed E-state index contributed by atoms with van der Waals surface area (Å²) in [6.45, 7) is 1.13. The number of H-pyrrole nitrogens is 1. The summed E-state index contributed by atoms with van der Waals surface area (Å²) in [6.07, 6.45) is 1.72. The van der Waals surface area contributed by atoms with Gasteiger partial charge in [0, 0.05) is 31.2 Å². The van der Waals surface area contributed by atoms with Crippen LogP contribution in [0.25, 0.3) is 10.9 Å². The highest BCUT2D eigenvalue weighted by atomic mass is 16.2. The number of nitrogens with one attached hydrogen (secondary N) is 3. The van der Waals surface area contributed by atoms with Crippen molar-refractivity contribution in [3.63, 3.8) is 0 Å². The van der Waals surface area contributed by atoms with E-state index in [0.29, 0.717) is 18.9 Å². The van der Waals surface area contributed by atoms with E-state index >= 15 is 0 Å². The summed E-state index contributed by atoms with van der Waals surface area (Å²) in [5, 5.41) is 21.2. The molecule has 0 spiro atoms. The molecule has 1 aromatic carbocycles. The van der Waals surface area contributed by atoms with Crippen molar-refractivity contribution < 1.29 is 9.59 Å². The lowest BCUT2D eigenvalue weighted by atomic mass is 9.99. The van der Waals surface area contributed by atoms with Crippen LogP contribution in [0.1, 0.15) is 10.5 Å². The Morgan fingerprint density at radius 1 is 1.19 bits per heavy atom. The summed E-state index contributed by atoms with van der Waals surface area (Å²) >= 11 is 0. The van der Waals surface area contributed by atoms with Crippen molar-refractivity contribution in [1.29, 1.82) is 0 Å². The maximum atomic E-state index is 12.4. The van der Waals surface area contributed by atoms with Crippen LogP contribution in [0.3, 0.4) is 0 Å². The summed E-state index contributed by atoms with van der Waals surface area (Å²) < 4.78 is 0. The molecule has 3 aromatic rings. The van der Waals surface area contributed by atoms with Gasteiger partial charge in [-0.05, 0) is 30.3 Å². The second-order valence-corrected chi connectivity index (χ2v) is 6.12. The van der Waals surface area contributed by atoms with Crippen LogP contribution in [-0.2, 0) is 4.79 Å². The third-order valence-corrected chi connectivity index (χ3v) is 4.39. The zero-order valence-corrected chi connectivity index (χ0v) is 14.1. The van der Waals surface area contributed by atoms with Gasteiger partial charge in [-0.15, -0.1) is 10.2 Å². The van der Waals surface area contributed by atoms with Crippen molar-refractivity contribution in [2.24, 2.45) is 5.92 Å². The van der Waals surface area contributed by atoms with E-state index in [1.807, 2.05) is 23.1 Å². The predicted molar refractivity (Wildman–Crippen MR) is 95.8 cm³/mol. The monoisotopic (exact) mass is 351 g/mol. The van der Waals surface area contributed by atoms with Crippen molar-refractivity contribution in [2.75, 3.05) is 30.4 Å². The van der Waals surface area contributed by atoms with Gasteiger partial charge >= 0.3 is 0 Å². The van der Waals surface area contributed by atoms with Crippen molar-refractivity contribution in [3.8, 4) is 0 Å². The van der Waals surface area contributed by atoms with Gasteiger partial charge in [0.15, 0.2) is 11.5 Å². The van der Waals surface area contributed by atoms with Gasteiger partial charge in [-0.1, -0.05) is 0 Å². The maximum Gasteiger partial charge on any atom is 0.271 e. The van der Waals surface area contributed by atoms with E-state index < -0.39 is 0 Å². The number of aromatic amines is 1.